The van der Waals surface area contributed by atoms with E-state index >= 15 is 0 Å². The molecule has 3 heteroatoms. The highest BCUT2D eigenvalue weighted by atomic mass is 16.1. The summed E-state index contributed by atoms with van der Waals surface area (Å²) in [6, 6.07) is 8.95. The summed E-state index contributed by atoms with van der Waals surface area (Å²) in [4.78, 5) is 14.6. The number of nitrogens with zero attached hydrogens (tertiary/aromatic N) is 1. The maximum Gasteiger partial charge on any atom is 0.224 e. The van der Waals surface area contributed by atoms with Crippen LogP contribution in [0.15, 0.2) is 24.3 Å². The van der Waals surface area contributed by atoms with Crippen molar-refractivity contribution in [3.05, 3.63) is 35.4 Å². The zero-order chi connectivity index (χ0) is 15.8. The number of carbonyl (C=O) groups excluding carboxylic acids is 1. The summed E-state index contributed by atoms with van der Waals surface area (Å²) in [5.74, 6) is 0.134. The first-order valence-electron chi connectivity index (χ1n) is 8.75. The average molecular weight is 302 g/mol. The number of rotatable bonds is 7. The summed E-state index contributed by atoms with van der Waals surface area (Å²) >= 11 is 0. The van der Waals surface area contributed by atoms with E-state index in [2.05, 4.69) is 36.2 Å². The van der Waals surface area contributed by atoms with Crippen LogP contribution in [0.3, 0.4) is 0 Å². The van der Waals surface area contributed by atoms with Crippen molar-refractivity contribution in [1.29, 1.82) is 0 Å². The average Bonchev–Trinajstić information content (AvgIpc) is 2.54. The number of benzene rings is 1. The molecule has 1 aliphatic heterocycles. The smallest absolute Gasteiger partial charge is 0.224 e. The molecule has 1 fully saturated rings. The van der Waals surface area contributed by atoms with E-state index in [0.29, 0.717) is 6.42 Å². The Morgan fingerprint density at radius 3 is 2.77 bits per heavy atom. The molecule has 0 aromatic heterocycles. The Hall–Kier alpha value is -1.35. The molecule has 1 heterocycles. The third-order valence-electron chi connectivity index (χ3n) is 4.65. The molecule has 1 aliphatic rings. The molecule has 1 saturated heterocycles. The third kappa shape index (κ3) is 5.45. The molecule has 22 heavy (non-hydrogen) atoms. The largest absolute Gasteiger partial charge is 0.356 e. The van der Waals surface area contributed by atoms with Gasteiger partial charge in [-0.15, -0.1) is 0 Å². The van der Waals surface area contributed by atoms with Crippen LogP contribution in [0.1, 0.15) is 50.2 Å². The van der Waals surface area contributed by atoms with E-state index in [0.717, 1.165) is 31.1 Å². The van der Waals surface area contributed by atoms with Crippen LogP contribution in [0.4, 0.5) is 0 Å². The molecule has 0 radical (unpaired) electrons. The molecule has 2 rings (SSSR count). The van der Waals surface area contributed by atoms with Crippen molar-refractivity contribution in [2.24, 2.45) is 0 Å². The Morgan fingerprint density at radius 2 is 2.05 bits per heavy atom. The van der Waals surface area contributed by atoms with Crippen molar-refractivity contribution in [1.82, 2.24) is 10.2 Å². The zero-order valence-electron chi connectivity index (χ0n) is 14.1. The zero-order valence-corrected chi connectivity index (χ0v) is 14.1. The molecule has 1 aromatic carbocycles. The monoisotopic (exact) mass is 302 g/mol. The number of likely N-dealkylation sites (tertiary alicyclic amines) is 1. The molecule has 0 spiro atoms. The summed E-state index contributed by atoms with van der Waals surface area (Å²) in [6.45, 7) is 7.48. The number of amides is 1. The third-order valence-corrected chi connectivity index (χ3v) is 4.65. The van der Waals surface area contributed by atoms with Gasteiger partial charge in [0, 0.05) is 19.1 Å². The first-order valence-corrected chi connectivity index (χ1v) is 8.75. The summed E-state index contributed by atoms with van der Waals surface area (Å²) in [5.41, 5.74) is 2.32. The highest BCUT2D eigenvalue weighted by Crippen LogP contribution is 2.19. The number of hydrogen-bond donors (Lipinski definition) is 1. The van der Waals surface area contributed by atoms with Gasteiger partial charge in [-0.25, -0.2) is 0 Å². The van der Waals surface area contributed by atoms with Gasteiger partial charge in [0.05, 0.1) is 6.42 Å². The second-order valence-electron chi connectivity index (χ2n) is 6.46. The molecular weight excluding hydrogens is 272 g/mol. The molecule has 1 aromatic rings. The van der Waals surface area contributed by atoms with Gasteiger partial charge in [-0.3, -0.25) is 4.79 Å². The summed E-state index contributed by atoms with van der Waals surface area (Å²) in [6.07, 6.45) is 6.84. The van der Waals surface area contributed by atoms with Crippen molar-refractivity contribution >= 4 is 5.91 Å². The fraction of sp³-hybridized carbons (Fsp3) is 0.632. The maximum absolute atomic E-state index is 11.9. The SMILES string of the molecule is CC[C@H]1CCCCN1CCCNC(=O)Cc1ccc(C)cc1. The van der Waals surface area contributed by atoms with Gasteiger partial charge in [0.15, 0.2) is 0 Å². The minimum atomic E-state index is 0.134. The van der Waals surface area contributed by atoms with Gasteiger partial charge in [-0.05, 0) is 44.7 Å². The molecule has 1 amide bonds. The normalized spacial score (nSPS) is 19.1. The molecule has 0 saturated carbocycles. The maximum atomic E-state index is 11.9. The minimum absolute atomic E-state index is 0.134. The van der Waals surface area contributed by atoms with Crippen LogP contribution in [0, 0.1) is 6.92 Å². The van der Waals surface area contributed by atoms with Crippen LogP contribution < -0.4 is 5.32 Å². The van der Waals surface area contributed by atoms with Crippen LogP contribution in [0.25, 0.3) is 0 Å². The van der Waals surface area contributed by atoms with Gasteiger partial charge < -0.3 is 10.2 Å². The van der Waals surface area contributed by atoms with Crippen molar-refractivity contribution in [3.8, 4) is 0 Å². The second-order valence-corrected chi connectivity index (χ2v) is 6.46. The quantitative estimate of drug-likeness (QED) is 0.784. The molecular formula is C19H30N2O. The Kier molecular flexibility index (Phi) is 6.91. The topological polar surface area (TPSA) is 32.3 Å². The number of hydrogen-bond acceptors (Lipinski definition) is 2. The highest BCUT2D eigenvalue weighted by molar-refractivity contribution is 5.78. The van der Waals surface area contributed by atoms with E-state index in [1.807, 2.05) is 12.1 Å². The summed E-state index contributed by atoms with van der Waals surface area (Å²) in [7, 11) is 0. The lowest BCUT2D eigenvalue weighted by Crippen LogP contribution is -2.40. The van der Waals surface area contributed by atoms with Gasteiger partial charge >= 0.3 is 0 Å². The van der Waals surface area contributed by atoms with Crippen LogP contribution >= 0.6 is 0 Å². The van der Waals surface area contributed by atoms with Crippen LogP contribution in [-0.4, -0.2) is 36.5 Å². The van der Waals surface area contributed by atoms with Gasteiger partial charge in [-0.1, -0.05) is 43.2 Å². The lowest BCUT2D eigenvalue weighted by molar-refractivity contribution is -0.120. The van der Waals surface area contributed by atoms with Gasteiger partial charge in [0.1, 0.15) is 0 Å². The Balaban J connectivity index is 1.63. The summed E-state index contributed by atoms with van der Waals surface area (Å²) < 4.78 is 0. The van der Waals surface area contributed by atoms with Gasteiger partial charge in [0.2, 0.25) is 5.91 Å². The van der Waals surface area contributed by atoms with Crippen LogP contribution in [0.2, 0.25) is 0 Å². The molecule has 0 unspecified atom stereocenters. The minimum Gasteiger partial charge on any atom is -0.356 e. The van der Waals surface area contributed by atoms with Crippen molar-refractivity contribution < 1.29 is 4.79 Å². The first kappa shape index (κ1) is 17.0. The number of aryl methyl sites for hydroxylation is 1. The number of nitrogens with one attached hydrogen (secondary N) is 1. The molecule has 0 bridgehead atoms. The predicted octanol–water partition coefficient (Wildman–Crippen LogP) is 3.31. The summed E-state index contributed by atoms with van der Waals surface area (Å²) in [5, 5.41) is 3.05. The number of carbonyl (C=O) groups is 1. The van der Waals surface area contributed by atoms with E-state index in [1.54, 1.807) is 0 Å². The highest BCUT2D eigenvalue weighted by Gasteiger charge is 2.19. The second kappa shape index (κ2) is 8.94. The molecule has 122 valence electrons. The van der Waals surface area contributed by atoms with Crippen molar-refractivity contribution in [3.63, 3.8) is 0 Å². The van der Waals surface area contributed by atoms with Gasteiger partial charge in [0.25, 0.3) is 0 Å². The Bertz CT molecular complexity index is 455. The molecule has 3 nitrogen and oxygen atoms in total. The lowest BCUT2D eigenvalue weighted by Gasteiger charge is -2.35. The predicted molar refractivity (Wildman–Crippen MR) is 92.0 cm³/mol. The number of piperidine rings is 1. The fourth-order valence-corrected chi connectivity index (χ4v) is 3.28. The lowest BCUT2D eigenvalue weighted by atomic mass is 10.00. The van der Waals surface area contributed by atoms with Crippen LogP contribution in [0.5, 0.6) is 0 Å². The van der Waals surface area contributed by atoms with E-state index in [4.69, 9.17) is 0 Å². The van der Waals surface area contributed by atoms with E-state index in [1.165, 1.54) is 37.8 Å². The fourth-order valence-electron chi connectivity index (χ4n) is 3.28. The van der Waals surface area contributed by atoms with Crippen molar-refractivity contribution in [2.45, 2.75) is 58.4 Å². The Morgan fingerprint density at radius 1 is 1.27 bits per heavy atom. The molecule has 0 aliphatic carbocycles. The molecule has 1 N–H and O–H groups in total. The standard InChI is InChI=1S/C19H30N2O/c1-3-18-7-4-5-13-21(18)14-6-12-20-19(22)15-17-10-8-16(2)9-11-17/h8-11,18H,3-7,12-15H2,1-2H3,(H,20,22)/t18-/m0/s1. The molecule has 1 atom stereocenters. The van der Waals surface area contributed by atoms with Crippen LogP contribution in [-0.2, 0) is 11.2 Å². The van der Waals surface area contributed by atoms with Crippen molar-refractivity contribution in [2.75, 3.05) is 19.6 Å². The van der Waals surface area contributed by atoms with E-state index in [9.17, 15) is 4.79 Å². The first-order chi connectivity index (χ1) is 10.7. The van der Waals surface area contributed by atoms with E-state index < -0.39 is 0 Å². The van der Waals surface area contributed by atoms with E-state index in [-0.39, 0.29) is 5.91 Å². The Labute approximate surface area is 135 Å². The van der Waals surface area contributed by atoms with Gasteiger partial charge in [-0.2, -0.15) is 0 Å².